The van der Waals surface area contributed by atoms with Crippen LogP contribution in [-0.2, 0) is 4.79 Å². The van der Waals surface area contributed by atoms with Crippen molar-refractivity contribution in [2.75, 3.05) is 33.7 Å². The molecule has 1 atom stereocenters. The van der Waals surface area contributed by atoms with Gasteiger partial charge in [-0.25, -0.2) is 0 Å². The average molecular weight is 201 g/mol. The monoisotopic (exact) mass is 201 g/mol. The van der Waals surface area contributed by atoms with Gasteiger partial charge in [0.25, 0.3) is 0 Å². The molecule has 0 bridgehead atoms. The van der Waals surface area contributed by atoms with Crippen molar-refractivity contribution in [3.05, 3.63) is 0 Å². The summed E-state index contributed by atoms with van der Waals surface area (Å²) >= 11 is 0. The van der Waals surface area contributed by atoms with Gasteiger partial charge in [-0.1, -0.05) is 13.8 Å². The molecule has 0 rings (SSSR count). The summed E-state index contributed by atoms with van der Waals surface area (Å²) in [6.45, 7) is 6.17. The standard InChI is InChI=1S/C10H23N3O/c1-8(2)9(5-11)6-12-7-10(14)13(3)4/h8-9,12H,5-7,11H2,1-4H3. The predicted octanol–water partition coefficient (Wildman–Crippen LogP) is -0.105. The summed E-state index contributed by atoms with van der Waals surface area (Å²) in [7, 11) is 3.51. The zero-order chi connectivity index (χ0) is 11.1. The topological polar surface area (TPSA) is 58.4 Å². The number of carbonyl (C=O) groups excluding carboxylic acids is 1. The molecule has 1 unspecified atom stereocenters. The molecular formula is C10H23N3O. The number of hydrogen-bond acceptors (Lipinski definition) is 3. The molecule has 0 saturated heterocycles. The Bertz CT molecular complexity index is 169. The van der Waals surface area contributed by atoms with Crippen molar-refractivity contribution in [2.24, 2.45) is 17.6 Å². The Morgan fingerprint density at radius 1 is 1.43 bits per heavy atom. The van der Waals surface area contributed by atoms with E-state index in [4.69, 9.17) is 5.73 Å². The number of nitrogens with two attached hydrogens (primary N) is 1. The second-order valence-corrected chi connectivity index (χ2v) is 4.16. The molecule has 1 amide bonds. The third-order valence-corrected chi connectivity index (χ3v) is 2.43. The lowest BCUT2D eigenvalue weighted by atomic mass is 9.96. The minimum absolute atomic E-state index is 0.101. The molecule has 0 aliphatic rings. The van der Waals surface area contributed by atoms with E-state index in [1.807, 2.05) is 0 Å². The maximum absolute atomic E-state index is 11.2. The van der Waals surface area contributed by atoms with Crippen LogP contribution in [0, 0.1) is 11.8 Å². The van der Waals surface area contributed by atoms with Gasteiger partial charge in [-0.05, 0) is 24.9 Å². The molecule has 0 aromatic rings. The summed E-state index contributed by atoms with van der Waals surface area (Å²) in [6, 6.07) is 0. The Morgan fingerprint density at radius 3 is 2.36 bits per heavy atom. The minimum Gasteiger partial charge on any atom is -0.348 e. The molecule has 4 heteroatoms. The molecule has 0 aromatic heterocycles. The summed E-state index contributed by atoms with van der Waals surface area (Å²) in [4.78, 5) is 12.8. The average Bonchev–Trinajstić information content (AvgIpc) is 2.11. The molecule has 0 aromatic carbocycles. The van der Waals surface area contributed by atoms with Crippen LogP contribution in [0.4, 0.5) is 0 Å². The third kappa shape index (κ3) is 5.19. The van der Waals surface area contributed by atoms with Gasteiger partial charge in [0, 0.05) is 14.1 Å². The van der Waals surface area contributed by atoms with Crippen molar-refractivity contribution in [2.45, 2.75) is 13.8 Å². The van der Waals surface area contributed by atoms with Crippen molar-refractivity contribution in [3.63, 3.8) is 0 Å². The van der Waals surface area contributed by atoms with E-state index < -0.39 is 0 Å². The summed E-state index contributed by atoms with van der Waals surface area (Å²) in [5, 5.41) is 3.13. The molecule has 0 aliphatic heterocycles. The van der Waals surface area contributed by atoms with Crippen LogP contribution in [0.25, 0.3) is 0 Å². The van der Waals surface area contributed by atoms with Crippen molar-refractivity contribution in [1.29, 1.82) is 0 Å². The lowest BCUT2D eigenvalue weighted by Gasteiger charge is -2.19. The molecule has 0 spiro atoms. The first-order valence-electron chi connectivity index (χ1n) is 5.10. The quantitative estimate of drug-likeness (QED) is 0.630. The smallest absolute Gasteiger partial charge is 0.236 e. The summed E-state index contributed by atoms with van der Waals surface area (Å²) in [5.74, 6) is 1.11. The highest BCUT2D eigenvalue weighted by Crippen LogP contribution is 2.06. The first-order chi connectivity index (χ1) is 6.49. The summed E-state index contributed by atoms with van der Waals surface area (Å²) < 4.78 is 0. The van der Waals surface area contributed by atoms with E-state index in [2.05, 4.69) is 19.2 Å². The minimum atomic E-state index is 0.101. The zero-order valence-electron chi connectivity index (χ0n) is 9.71. The Labute approximate surface area is 86.8 Å². The first kappa shape index (κ1) is 13.4. The van der Waals surface area contributed by atoms with Gasteiger partial charge in [0.2, 0.25) is 5.91 Å². The van der Waals surface area contributed by atoms with Crippen LogP contribution in [0.3, 0.4) is 0 Å². The Kier molecular flexibility index (Phi) is 6.49. The molecular weight excluding hydrogens is 178 g/mol. The van der Waals surface area contributed by atoms with Crippen molar-refractivity contribution >= 4 is 5.91 Å². The van der Waals surface area contributed by atoms with E-state index in [0.717, 1.165) is 6.54 Å². The van der Waals surface area contributed by atoms with Crippen LogP contribution >= 0.6 is 0 Å². The lowest BCUT2D eigenvalue weighted by Crippen LogP contribution is -2.38. The fraction of sp³-hybridized carbons (Fsp3) is 0.900. The second kappa shape index (κ2) is 6.79. The van der Waals surface area contributed by atoms with Gasteiger partial charge in [0.05, 0.1) is 6.54 Å². The van der Waals surface area contributed by atoms with Gasteiger partial charge >= 0.3 is 0 Å². The van der Waals surface area contributed by atoms with Gasteiger partial charge in [0.15, 0.2) is 0 Å². The van der Waals surface area contributed by atoms with Gasteiger partial charge in [0.1, 0.15) is 0 Å². The molecule has 0 heterocycles. The van der Waals surface area contributed by atoms with Crippen LogP contribution in [0.15, 0.2) is 0 Å². The van der Waals surface area contributed by atoms with E-state index in [-0.39, 0.29) is 5.91 Å². The van der Waals surface area contributed by atoms with Crippen LogP contribution in [0.5, 0.6) is 0 Å². The fourth-order valence-corrected chi connectivity index (χ4v) is 1.11. The van der Waals surface area contributed by atoms with Crippen LogP contribution in [-0.4, -0.2) is 44.5 Å². The molecule has 84 valence electrons. The van der Waals surface area contributed by atoms with Gasteiger partial charge in [-0.2, -0.15) is 0 Å². The number of hydrogen-bond donors (Lipinski definition) is 2. The van der Waals surface area contributed by atoms with Gasteiger partial charge < -0.3 is 16.0 Å². The fourth-order valence-electron chi connectivity index (χ4n) is 1.11. The largest absolute Gasteiger partial charge is 0.348 e. The number of nitrogens with zero attached hydrogens (tertiary/aromatic N) is 1. The summed E-state index contributed by atoms with van der Waals surface area (Å²) in [5.41, 5.74) is 5.62. The lowest BCUT2D eigenvalue weighted by molar-refractivity contribution is -0.127. The molecule has 0 fully saturated rings. The molecule has 3 N–H and O–H groups in total. The van der Waals surface area contributed by atoms with E-state index in [1.54, 1.807) is 19.0 Å². The van der Waals surface area contributed by atoms with Gasteiger partial charge in [-0.15, -0.1) is 0 Å². The Balaban J connectivity index is 3.66. The first-order valence-corrected chi connectivity index (χ1v) is 5.10. The Hall–Kier alpha value is -0.610. The predicted molar refractivity (Wildman–Crippen MR) is 58.9 cm³/mol. The van der Waals surface area contributed by atoms with Crippen molar-refractivity contribution < 1.29 is 4.79 Å². The van der Waals surface area contributed by atoms with E-state index >= 15 is 0 Å². The van der Waals surface area contributed by atoms with Crippen LogP contribution in [0.2, 0.25) is 0 Å². The number of nitrogens with one attached hydrogen (secondary N) is 1. The number of carbonyl (C=O) groups is 1. The molecule has 0 aliphatic carbocycles. The summed E-state index contributed by atoms with van der Waals surface area (Å²) in [6.07, 6.45) is 0. The molecule has 0 saturated carbocycles. The van der Waals surface area contributed by atoms with E-state index in [0.29, 0.717) is 24.9 Å². The number of rotatable bonds is 6. The SMILES string of the molecule is CC(C)C(CN)CNCC(=O)N(C)C. The maximum Gasteiger partial charge on any atom is 0.236 e. The van der Waals surface area contributed by atoms with E-state index in [9.17, 15) is 4.79 Å². The number of likely N-dealkylation sites (N-methyl/N-ethyl adjacent to an activating group) is 1. The second-order valence-electron chi connectivity index (χ2n) is 4.16. The highest BCUT2D eigenvalue weighted by atomic mass is 16.2. The highest BCUT2D eigenvalue weighted by Gasteiger charge is 2.11. The number of amides is 1. The van der Waals surface area contributed by atoms with Gasteiger partial charge in [-0.3, -0.25) is 4.79 Å². The van der Waals surface area contributed by atoms with Crippen LogP contribution in [0.1, 0.15) is 13.8 Å². The highest BCUT2D eigenvalue weighted by molar-refractivity contribution is 5.77. The van der Waals surface area contributed by atoms with Crippen molar-refractivity contribution in [3.8, 4) is 0 Å². The third-order valence-electron chi connectivity index (χ3n) is 2.43. The molecule has 14 heavy (non-hydrogen) atoms. The molecule has 4 nitrogen and oxygen atoms in total. The normalized spacial score (nSPS) is 13.0. The van der Waals surface area contributed by atoms with E-state index in [1.165, 1.54) is 0 Å². The maximum atomic E-state index is 11.2. The van der Waals surface area contributed by atoms with Crippen molar-refractivity contribution in [1.82, 2.24) is 10.2 Å². The Morgan fingerprint density at radius 2 is 2.00 bits per heavy atom. The van der Waals surface area contributed by atoms with Crippen LogP contribution < -0.4 is 11.1 Å². The zero-order valence-corrected chi connectivity index (χ0v) is 9.71. The molecule has 0 radical (unpaired) electrons.